The van der Waals surface area contributed by atoms with Crippen LogP contribution in [0.4, 0.5) is 5.69 Å². The average Bonchev–Trinajstić information content (AvgIpc) is 2.84. The zero-order chi connectivity index (χ0) is 11.1. The van der Waals surface area contributed by atoms with E-state index < -0.39 is 0 Å². The second-order valence-electron chi connectivity index (χ2n) is 4.47. The lowest BCUT2D eigenvalue weighted by atomic mass is 9.97. The standard InChI is InChI=1S/C13H14N2O/c1-8-6-11(13-12(14)7-16-15-13)10-5-3-2-4-9(8)10/h2-5,7-8,11H,6,14H2,1H3. The molecule has 1 aromatic heterocycles. The minimum atomic E-state index is 0.296. The highest BCUT2D eigenvalue weighted by atomic mass is 16.5. The molecule has 2 atom stereocenters. The van der Waals surface area contributed by atoms with E-state index in [1.807, 2.05) is 0 Å². The molecule has 0 radical (unpaired) electrons. The van der Waals surface area contributed by atoms with Crippen LogP contribution in [0.1, 0.15) is 42.0 Å². The van der Waals surface area contributed by atoms with Crippen molar-refractivity contribution in [3.05, 3.63) is 47.3 Å². The summed E-state index contributed by atoms with van der Waals surface area (Å²) in [5.41, 5.74) is 10.2. The highest BCUT2D eigenvalue weighted by Gasteiger charge is 2.31. The molecule has 1 heterocycles. The van der Waals surface area contributed by atoms with Crippen LogP contribution in [0.5, 0.6) is 0 Å². The van der Waals surface area contributed by atoms with Crippen LogP contribution in [-0.4, -0.2) is 5.16 Å². The van der Waals surface area contributed by atoms with Crippen molar-refractivity contribution in [3.8, 4) is 0 Å². The van der Waals surface area contributed by atoms with Crippen LogP contribution in [0.25, 0.3) is 0 Å². The van der Waals surface area contributed by atoms with Gasteiger partial charge in [-0.15, -0.1) is 0 Å². The molecular formula is C13H14N2O. The Hall–Kier alpha value is -1.77. The van der Waals surface area contributed by atoms with Gasteiger partial charge in [-0.25, -0.2) is 0 Å². The lowest BCUT2D eigenvalue weighted by molar-refractivity contribution is 0.407. The van der Waals surface area contributed by atoms with Crippen molar-refractivity contribution >= 4 is 5.69 Å². The van der Waals surface area contributed by atoms with Crippen LogP contribution in [0, 0.1) is 0 Å². The van der Waals surface area contributed by atoms with Crippen LogP contribution in [0.2, 0.25) is 0 Å². The zero-order valence-electron chi connectivity index (χ0n) is 9.18. The molecule has 0 aliphatic heterocycles. The summed E-state index contributed by atoms with van der Waals surface area (Å²) in [5, 5.41) is 4.03. The fourth-order valence-electron chi connectivity index (χ4n) is 2.66. The zero-order valence-corrected chi connectivity index (χ0v) is 9.18. The first-order valence-electron chi connectivity index (χ1n) is 5.56. The van der Waals surface area contributed by atoms with Gasteiger partial charge in [-0.05, 0) is 23.5 Å². The number of benzene rings is 1. The lowest BCUT2D eigenvalue weighted by Gasteiger charge is -2.08. The van der Waals surface area contributed by atoms with Crippen molar-refractivity contribution < 1.29 is 4.52 Å². The molecule has 3 nitrogen and oxygen atoms in total. The van der Waals surface area contributed by atoms with Crippen LogP contribution in [-0.2, 0) is 0 Å². The second-order valence-corrected chi connectivity index (χ2v) is 4.47. The van der Waals surface area contributed by atoms with E-state index >= 15 is 0 Å². The predicted molar refractivity (Wildman–Crippen MR) is 62.2 cm³/mol. The molecule has 0 saturated heterocycles. The van der Waals surface area contributed by atoms with Crippen LogP contribution in [0.15, 0.2) is 35.1 Å². The van der Waals surface area contributed by atoms with E-state index in [0.29, 0.717) is 17.5 Å². The molecule has 1 aliphatic carbocycles. The third-order valence-corrected chi connectivity index (χ3v) is 3.45. The van der Waals surface area contributed by atoms with Crippen LogP contribution in [0.3, 0.4) is 0 Å². The molecule has 2 N–H and O–H groups in total. The summed E-state index contributed by atoms with van der Waals surface area (Å²) in [6.45, 7) is 2.25. The molecule has 0 fully saturated rings. The lowest BCUT2D eigenvalue weighted by Crippen LogP contribution is -2.00. The number of nitrogen functional groups attached to an aromatic ring is 1. The van der Waals surface area contributed by atoms with Gasteiger partial charge in [0.25, 0.3) is 0 Å². The second kappa shape index (κ2) is 3.37. The molecule has 16 heavy (non-hydrogen) atoms. The summed E-state index contributed by atoms with van der Waals surface area (Å²) in [5.74, 6) is 0.863. The van der Waals surface area contributed by atoms with Gasteiger partial charge < -0.3 is 10.3 Å². The molecule has 0 amide bonds. The van der Waals surface area contributed by atoms with Crippen molar-refractivity contribution in [1.29, 1.82) is 0 Å². The Balaban J connectivity index is 2.10. The minimum Gasteiger partial charge on any atom is -0.395 e. The molecule has 3 rings (SSSR count). The highest BCUT2D eigenvalue weighted by molar-refractivity contribution is 5.50. The van der Waals surface area contributed by atoms with Gasteiger partial charge in [-0.3, -0.25) is 0 Å². The van der Waals surface area contributed by atoms with E-state index in [1.165, 1.54) is 17.4 Å². The molecule has 0 saturated carbocycles. The number of nitrogens with two attached hydrogens (primary N) is 1. The maximum atomic E-state index is 5.87. The summed E-state index contributed by atoms with van der Waals surface area (Å²) in [7, 11) is 0. The fourth-order valence-corrected chi connectivity index (χ4v) is 2.66. The van der Waals surface area contributed by atoms with Gasteiger partial charge in [0, 0.05) is 5.92 Å². The van der Waals surface area contributed by atoms with E-state index in [9.17, 15) is 0 Å². The van der Waals surface area contributed by atoms with Gasteiger partial charge in [0.2, 0.25) is 0 Å². The maximum absolute atomic E-state index is 5.87. The third kappa shape index (κ3) is 1.24. The summed E-state index contributed by atoms with van der Waals surface area (Å²) in [6.07, 6.45) is 2.58. The SMILES string of the molecule is CC1CC(c2nocc2N)c2ccccc21. The van der Waals surface area contributed by atoms with Crippen molar-refractivity contribution in [1.82, 2.24) is 5.16 Å². The molecular weight excluding hydrogens is 200 g/mol. The van der Waals surface area contributed by atoms with E-state index in [-0.39, 0.29) is 0 Å². The predicted octanol–water partition coefficient (Wildman–Crippen LogP) is 2.90. The monoisotopic (exact) mass is 214 g/mol. The van der Waals surface area contributed by atoms with Gasteiger partial charge in [-0.1, -0.05) is 36.3 Å². The molecule has 0 spiro atoms. The quantitative estimate of drug-likeness (QED) is 0.794. The Morgan fingerprint density at radius 1 is 1.31 bits per heavy atom. The van der Waals surface area contributed by atoms with Gasteiger partial charge >= 0.3 is 0 Å². The number of aromatic nitrogens is 1. The Morgan fingerprint density at radius 3 is 2.75 bits per heavy atom. The van der Waals surface area contributed by atoms with E-state index in [1.54, 1.807) is 0 Å². The number of rotatable bonds is 1. The van der Waals surface area contributed by atoms with E-state index in [2.05, 4.69) is 36.3 Å². The molecule has 1 aromatic carbocycles. The molecule has 82 valence electrons. The van der Waals surface area contributed by atoms with E-state index in [0.717, 1.165) is 12.1 Å². The smallest absolute Gasteiger partial charge is 0.147 e. The summed E-state index contributed by atoms with van der Waals surface area (Å²) in [4.78, 5) is 0. The molecule has 2 unspecified atom stereocenters. The van der Waals surface area contributed by atoms with Gasteiger partial charge in [0.15, 0.2) is 0 Å². The topological polar surface area (TPSA) is 52.0 Å². The molecule has 0 bridgehead atoms. The highest BCUT2D eigenvalue weighted by Crippen LogP contribution is 2.45. The maximum Gasteiger partial charge on any atom is 0.147 e. The van der Waals surface area contributed by atoms with Gasteiger partial charge in [0.05, 0.1) is 5.69 Å². The largest absolute Gasteiger partial charge is 0.395 e. The van der Waals surface area contributed by atoms with Crippen LogP contribution >= 0.6 is 0 Å². The summed E-state index contributed by atoms with van der Waals surface area (Å²) < 4.78 is 4.93. The van der Waals surface area contributed by atoms with Crippen molar-refractivity contribution in [3.63, 3.8) is 0 Å². The van der Waals surface area contributed by atoms with Crippen molar-refractivity contribution in [2.75, 3.05) is 5.73 Å². The first-order valence-corrected chi connectivity index (χ1v) is 5.56. The number of anilines is 1. The minimum absolute atomic E-state index is 0.296. The fraction of sp³-hybridized carbons (Fsp3) is 0.308. The van der Waals surface area contributed by atoms with Gasteiger partial charge in [0.1, 0.15) is 12.0 Å². The Labute approximate surface area is 94.2 Å². The Kier molecular flexibility index (Phi) is 1.99. The number of hydrogen-bond acceptors (Lipinski definition) is 3. The molecule has 2 aromatic rings. The number of fused-ring (bicyclic) bond motifs is 1. The van der Waals surface area contributed by atoms with Gasteiger partial charge in [-0.2, -0.15) is 0 Å². The van der Waals surface area contributed by atoms with Crippen molar-refractivity contribution in [2.45, 2.75) is 25.2 Å². The van der Waals surface area contributed by atoms with Crippen LogP contribution < -0.4 is 5.73 Å². The summed E-state index contributed by atoms with van der Waals surface area (Å²) >= 11 is 0. The third-order valence-electron chi connectivity index (χ3n) is 3.45. The van der Waals surface area contributed by atoms with Crippen molar-refractivity contribution in [2.24, 2.45) is 0 Å². The Morgan fingerprint density at radius 2 is 2.06 bits per heavy atom. The molecule has 3 heteroatoms. The average molecular weight is 214 g/mol. The Bertz CT molecular complexity index is 518. The molecule has 1 aliphatic rings. The first-order chi connectivity index (χ1) is 7.77. The summed E-state index contributed by atoms with van der Waals surface area (Å²) in [6, 6.07) is 8.51. The first kappa shape index (κ1) is 9.46. The van der Waals surface area contributed by atoms with E-state index in [4.69, 9.17) is 10.3 Å². The number of hydrogen-bond donors (Lipinski definition) is 1. The number of nitrogens with zero attached hydrogens (tertiary/aromatic N) is 1. The normalized spacial score (nSPS) is 23.3.